The summed E-state index contributed by atoms with van der Waals surface area (Å²) in [6, 6.07) is 0. The number of likely N-dealkylation sites (tertiary alicyclic amines) is 1. The number of hydrogen-bond donors (Lipinski definition) is 0. The number of carbonyl (C=O) groups excluding carboxylic acids is 1. The number of ether oxygens (including phenoxy) is 1. The molecule has 3 atom stereocenters. The van der Waals surface area contributed by atoms with Crippen LogP contribution in [0.2, 0.25) is 0 Å². The van der Waals surface area contributed by atoms with Crippen LogP contribution >= 0.6 is 0 Å². The van der Waals surface area contributed by atoms with Gasteiger partial charge in [0.25, 0.3) is 0 Å². The quantitative estimate of drug-likeness (QED) is 0.688. The van der Waals surface area contributed by atoms with Gasteiger partial charge in [-0.05, 0) is 31.6 Å². The zero-order chi connectivity index (χ0) is 13.8. The standard InChI is InChI=1S/C17H25NO2/c1-2-15(19)18-12-17-9-6-14(20-17)10-13(17)11-16(18)7-4-3-5-8-16/h6,9,13-14H,2-5,7-8,10-12H2,1H3/t13-,14-,17-/m0/s1. The van der Waals surface area contributed by atoms with Crippen molar-refractivity contribution in [3.63, 3.8) is 0 Å². The van der Waals surface area contributed by atoms with Gasteiger partial charge in [0.2, 0.25) is 5.91 Å². The third-order valence-electron chi connectivity index (χ3n) is 6.16. The van der Waals surface area contributed by atoms with E-state index < -0.39 is 0 Å². The van der Waals surface area contributed by atoms with Crippen LogP contribution < -0.4 is 0 Å². The third-order valence-corrected chi connectivity index (χ3v) is 6.16. The highest BCUT2D eigenvalue weighted by atomic mass is 16.5. The lowest BCUT2D eigenvalue weighted by Crippen LogP contribution is -2.64. The first-order valence-corrected chi connectivity index (χ1v) is 8.35. The van der Waals surface area contributed by atoms with Crippen molar-refractivity contribution in [2.45, 2.75) is 75.5 Å². The minimum Gasteiger partial charge on any atom is -0.361 e. The van der Waals surface area contributed by atoms with Crippen molar-refractivity contribution in [1.82, 2.24) is 4.90 Å². The van der Waals surface area contributed by atoms with E-state index in [1.807, 2.05) is 6.92 Å². The van der Waals surface area contributed by atoms with E-state index >= 15 is 0 Å². The average molecular weight is 275 g/mol. The van der Waals surface area contributed by atoms with Gasteiger partial charge >= 0.3 is 0 Å². The molecule has 1 aliphatic carbocycles. The largest absolute Gasteiger partial charge is 0.361 e. The Bertz CT molecular complexity index is 452. The van der Waals surface area contributed by atoms with Crippen LogP contribution in [0.1, 0.15) is 58.3 Å². The molecule has 3 heteroatoms. The van der Waals surface area contributed by atoms with Crippen LogP contribution in [0, 0.1) is 5.92 Å². The summed E-state index contributed by atoms with van der Waals surface area (Å²) in [6.45, 7) is 2.79. The number of rotatable bonds is 1. The average Bonchev–Trinajstić information content (AvgIpc) is 3.03. The Morgan fingerprint density at radius 2 is 2.15 bits per heavy atom. The van der Waals surface area contributed by atoms with E-state index in [0.29, 0.717) is 24.3 Å². The number of hydrogen-bond acceptors (Lipinski definition) is 2. The van der Waals surface area contributed by atoms with Crippen LogP contribution in [0.5, 0.6) is 0 Å². The van der Waals surface area contributed by atoms with Crippen LogP contribution in [0.25, 0.3) is 0 Å². The molecule has 0 aromatic heterocycles. The maximum Gasteiger partial charge on any atom is 0.222 e. The Balaban J connectivity index is 1.68. The first kappa shape index (κ1) is 12.9. The van der Waals surface area contributed by atoms with Crippen molar-refractivity contribution in [2.24, 2.45) is 5.92 Å². The molecule has 1 amide bonds. The van der Waals surface area contributed by atoms with Gasteiger partial charge in [0, 0.05) is 12.0 Å². The highest BCUT2D eigenvalue weighted by Crippen LogP contribution is 2.54. The third kappa shape index (κ3) is 1.65. The van der Waals surface area contributed by atoms with Crippen molar-refractivity contribution in [3.05, 3.63) is 12.2 Å². The van der Waals surface area contributed by atoms with E-state index in [0.717, 1.165) is 6.54 Å². The van der Waals surface area contributed by atoms with E-state index in [1.165, 1.54) is 44.9 Å². The van der Waals surface area contributed by atoms with Crippen molar-refractivity contribution >= 4 is 5.91 Å². The number of fused-ring (bicyclic) bond motifs is 1. The molecule has 3 nitrogen and oxygen atoms in total. The molecule has 3 aliphatic heterocycles. The SMILES string of the molecule is CCC(=O)N1C[C@@]23C=C[C@@H](C[C@H]2CC12CCCCC2)O3. The molecular weight excluding hydrogens is 250 g/mol. The van der Waals surface area contributed by atoms with Crippen LogP contribution in [0.3, 0.4) is 0 Å². The molecule has 20 heavy (non-hydrogen) atoms. The van der Waals surface area contributed by atoms with Gasteiger partial charge < -0.3 is 9.64 Å². The lowest BCUT2D eigenvalue weighted by atomic mass is 9.65. The Labute approximate surface area is 121 Å². The molecule has 2 bridgehead atoms. The summed E-state index contributed by atoms with van der Waals surface area (Å²) >= 11 is 0. The van der Waals surface area contributed by atoms with E-state index in [-0.39, 0.29) is 11.1 Å². The normalized spacial score (nSPS) is 41.1. The van der Waals surface area contributed by atoms with E-state index in [9.17, 15) is 4.79 Å². The van der Waals surface area contributed by atoms with Crippen molar-refractivity contribution in [3.8, 4) is 0 Å². The van der Waals surface area contributed by atoms with Gasteiger partial charge in [0.05, 0.1) is 12.6 Å². The molecule has 4 aliphatic rings. The fourth-order valence-corrected chi connectivity index (χ4v) is 5.16. The van der Waals surface area contributed by atoms with Gasteiger partial charge in [0.15, 0.2) is 0 Å². The Hall–Kier alpha value is -0.830. The Morgan fingerprint density at radius 1 is 1.35 bits per heavy atom. The van der Waals surface area contributed by atoms with Crippen LogP contribution in [-0.2, 0) is 9.53 Å². The van der Waals surface area contributed by atoms with Gasteiger partial charge in [-0.15, -0.1) is 0 Å². The second-order valence-electron chi connectivity index (χ2n) is 7.23. The molecule has 0 radical (unpaired) electrons. The van der Waals surface area contributed by atoms with Gasteiger partial charge in [0.1, 0.15) is 5.60 Å². The zero-order valence-corrected chi connectivity index (χ0v) is 12.4. The minimum absolute atomic E-state index is 0.141. The van der Waals surface area contributed by atoms with E-state index in [4.69, 9.17) is 4.74 Å². The van der Waals surface area contributed by atoms with Gasteiger partial charge in [-0.1, -0.05) is 38.3 Å². The second-order valence-corrected chi connectivity index (χ2v) is 7.23. The monoisotopic (exact) mass is 275 g/mol. The molecule has 2 spiro atoms. The smallest absolute Gasteiger partial charge is 0.222 e. The van der Waals surface area contributed by atoms with Gasteiger partial charge in [-0.25, -0.2) is 0 Å². The summed E-state index contributed by atoms with van der Waals surface area (Å²) < 4.78 is 6.22. The van der Waals surface area contributed by atoms with Crippen molar-refractivity contribution in [2.75, 3.05) is 6.54 Å². The first-order chi connectivity index (χ1) is 9.67. The molecule has 3 heterocycles. The lowest BCUT2D eigenvalue weighted by Gasteiger charge is -2.56. The maximum atomic E-state index is 12.5. The molecule has 1 saturated carbocycles. The predicted octanol–water partition coefficient (Wildman–Crippen LogP) is 3.05. The van der Waals surface area contributed by atoms with E-state index in [2.05, 4.69) is 17.1 Å². The van der Waals surface area contributed by atoms with Crippen molar-refractivity contribution in [1.29, 1.82) is 0 Å². The van der Waals surface area contributed by atoms with Gasteiger partial charge in [-0.2, -0.15) is 0 Å². The Morgan fingerprint density at radius 3 is 2.85 bits per heavy atom. The minimum atomic E-state index is -0.141. The summed E-state index contributed by atoms with van der Waals surface area (Å²) in [5, 5.41) is 0. The molecule has 0 N–H and O–H groups in total. The summed E-state index contributed by atoms with van der Waals surface area (Å²) in [6.07, 6.45) is 14.1. The summed E-state index contributed by atoms with van der Waals surface area (Å²) in [5.41, 5.74) is 0.0150. The number of carbonyl (C=O) groups is 1. The number of nitrogens with zero attached hydrogens (tertiary/aromatic N) is 1. The van der Waals surface area contributed by atoms with Crippen LogP contribution in [0.15, 0.2) is 12.2 Å². The maximum absolute atomic E-state index is 12.5. The molecule has 0 aromatic rings. The molecule has 4 rings (SSSR count). The summed E-state index contributed by atoms with van der Waals surface area (Å²) in [7, 11) is 0. The fraction of sp³-hybridized carbons (Fsp3) is 0.824. The highest BCUT2D eigenvalue weighted by molar-refractivity contribution is 5.77. The van der Waals surface area contributed by atoms with E-state index in [1.54, 1.807) is 0 Å². The van der Waals surface area contributed by atoms with Crippen molar-refractivity contribution < 1.29 is 9.53 Å². The van der Waals surface area contributed by atoms with Crippen LogP contribution in [0.4, 0.5) is 0 Å². The summed E-state index contributed by atoms with van der Waals surface area (Å²) in [5.74, 6) is 0.962. The fourth-order valence-electron chi connectivity index (χ4n) is 5.16. The topological polar surface area (TPSA) is 29.5 Å². The summed E-state index contributed by atoms with van der Waals surface area (Å²) in [4.78, 5) is 14.8. The Kier molecular flexibility index (Phi) is 2.79. The predicted molar refractivity (Wildman–Crippen MR) is 77.3 cm³/mol. The molecule has 3 fully saturated rings. The number of amides is 1. The molecular formula is C17H25NO2. The molecule has 110 valence electrons. The first-order valence-electron chi connectivity index (χ1n) is 8.35. The second kappa shape index (κ2) is 4.33. The lowest BCUT2D eigenvalue weighted by molar-refractivity contribution is -0.155. The molecule has 0 aromatic carbocycles. The van der Waals surface area contributed by atoms with Crippen LogP contribution in [-0.4, -0.2) is 34.6 Å². The molecule has 0 unspecified atom stereocenters. The highest BCUT2D eigenvalue weighted by Gasteiger charge is 2.59. The zero-order valence-electron chi connectivity index (χ0n) is 12.4. The van der Waals surface area contributed by atoms with Gasteiger partial charge in [-0.3, -0.25) is 4.79 Å². The molecule has 2 saturated heterocycles. The number of piperidine rings is 1.